The molecule has 1 heterocycles. The summed E-state index contributed by atoms with van der Waals surface area (Å²) in [5.41, 5.74) is 7.58. The average Bonchev–Trinajstić information content (AvgIpc) is 2.73. The second-order valence-electron chi connectivity index (χ2n) is 6.74. The number of halogens is 2. The summed E-state index contributed by atoms with van der Waals surface area (Å²) >= 11 is 5.79. The maximum absolute atomic E-state index is 13.3. The van der Waals surface area contributed by atoms with Crippen LogP contribution in [-0.2, 0) is 14.6 Å². The van der Waals surface area contributed by atoms with Crippen LogP contribution in [0, 0.1) is 5.82 Å². The number of nitrogens with one attached hydrogen (secondary N) is 2. The molecule has 0 amide bonds. The Bertz CT molecular complexity index is 1140. The smallest absolute Gasteiger partial charge is 0.177 e. The number of allylic oxidation sites excluding steroid dienone is 1. The van der Waals surface area contributed by atoms with Gasteiger partial charge in [0.2, 0.25) is 0 Å². The van der Waals surface area contributed by atoms with Crippen molar-refractivity contribution in [1.82, 2.24) is 10.3 Å². The normalized spacial score (nSPS) is 12.5. The number of benzene rings is 1. The molecule has 0 saturated carbocycles. The molecule has 0 spiro atoms. The van der Waals surface area contributed by atoms with E-state index in [4.69, 9.17) is 22.1 Å². The Morgan fingerprint density at radius 3 is 2.78 bits per heavy atom. The van der Waals surface area contributed by atoms with E-state index >= 15 is 0 Å². The minimum Gasteiger partial charge on any atom is -0.385 e. The molecule has 0 aliphatic rings. The third kappa shape index (κ3) is 7.63. The molecular weight excluding hydrogens is 457 g/mol. The van der Waals surface area contributed by atoms with Gasteiger partial charge in [-0.05, 0) is 30.7 Å². The van der Waals surface area contributed by atoms with E-state index in [9.17, 15) is 12.8 Å². The van der Waals surface area contributed by atoms with Crippen LogP contribution in [0.15, 0.2) is 64.8 Å². The van der Waals surface area contributed by atoms with Crippen LogP contribution in [0.25, 0.3) is 5.57 Å². The lowest BCUT2D eigenvalue weighted by molar-refractivity contribution is 0.195. The Kier molecular flexibility index (Phi) is 9.18. The van der Waals surface area contributed by atoms with Crippen LogP contribution >= 0.6 is 11.6 Å². The highest BCUT2D eigenvalue weighted by Crippen LogP contribution is 2.21. The van der Waals surface area contributed by atoms with Crippen LogP contribution in [0.4, 0.5) is 10.1 Å². The van der Waals surface area contributed by atoms with Gasteiger partial charge in [0, 0.05) is 61.9 Å². The van der Waals surface area contributed by atoms with Crippen molar-refractivity contribution in [2.24, 2.45) is 10.7 Å². The van der Waals surface area contributed by atoms with Gasteiger partial charge < -0.3 is 21.1 Å². The minimum atomic E-state index is -3.47. The van der Waals surface area contributed by atoms with Crippen molar-refractivity contribution in [1.29, 1.82) is 0 Å². The second kappa shape index (κ2) is 11.6. The van der Waals surface area contributed by atoms with Gasteiger partial charge in [0.1, 0.15) is 17.5 Å². The van der Waals surface area contributed by atoms with E-state index in [0.717, 1.165) is 6.26 Å². The van der Waals surface area contributed by atoms with Crippen LogP contribution < -0.4 is 16.4 Å². The third-order valence-electron chi connectivity index (χ3n) is 4.14. The van der Waals surface area contributed by atoms with E-state index in [2.05, 4.69) is 27.2 Å². The minimum absolute atomic E-state index is 0.0412. The van der Waals surface area contributed by atoms with Crippen molar-refractivity contribution < 1.29 is 17.5 Å². The fourth-order valence-electron chi connectivity index (χ4n) is 2.52. The Labute approximate surface area is 192 Å². The number of aliphatic imine (C=N–C) groups is 1. The molecule has 8 nitrogen and oxygen atoms in total. The van der Waals surface area contributed by atoms with Crippen molar-refractivity contribution in [2.75, 3.05) is 31.8 Å². The molecule has 0 unspecified atom stereocenters. The zero-order valence-corrected chi connectivity index (χ0v) is 19.3. The first-order chi connectivity index (χ1) is 15.1. The second-order valence-corrected chi connectivity index (χ2v) is 9.16. The first-order valence-electron chi connectivity index (χ1n) is 9.45. The fraction of sp³-hybridized carbons (Fsp3) is 0.238. The average molecular weight is 482 g/mol. The summed E-state index contributed by atoms with van der Waals surface area (Å²) in [6.07, 6.45) is 5.98. The zero-order chi connectivity index (χ0) is 23.7. The molecule has 1 aromatic heterocycles. The maximum Gasteiger partial charge on any atom is 0.177 e. The van der Waals surface area contributed by atoms with E-state index in [-0.39, 0.29) is 21.6 Å². The summed E-state index contributed by atoms with van der Waals surface area (Å²) in [6, 6.07) is 5.57. The molecule has 4 N–H and O–H groups in total. The molecule has 32 heavy (non-hydrogen) atoms. The summed E-state index contributed by atoms with van der Waals surface area (Å²) in [4.78, 5) is 8.32. The number of ether oxygens (including phenoxy) is 1. The molecule has 0 bridgehead atoms. The largest absolute Gasteiger partial charge is 0.385 e. The summed E-state index contributed by atoms with van der Waals surface area (Å²) < 4.78 is 42.2. The number of pyridine rings is 1. The topological polar surface area (TPSA) is 119 Å². The predicted molar refractivity (Wildman–Crippen MR) is 126 cm³/mol. The number of methoxy groups -OCH3 is 1. The molecule has 0 aliphatic carbocycles. The lowest BCUT2D eigenvalue weighted by atomic mass is 10.1. The van der Waals surface area contributed by atoms with E-state index in [0.29, 0.717) is 36.4 Å². The first-order valence-corrected chi connectivity index (χ1v) is 11.7. The van der Waals surface area contributed by atoms with Gasteiger partial charge >= 0.3 is 0 Å². The highest BCUT2D eigenvalue weighted by molar-refractivity contribution is 7.90. The number of aromatic nitrogens is 1. The summed E-state index contributed by atoms with van der Waals surface area (Å²) in [5, 5.41) is 5.92. The highest BCUT2D eigenvalue weighted by Gasteiger charge is 2.12. The quantitative estimate of drug-likeness (QED) is 0.333. The number of nitrogens with zero attached hydrogens (tertiary/aromatic N) is 2. The molecule has 0 atom stereocenters. The van der Waals surface area contributed by atoms with Crippen molar-refractivity contribution in [3.05, 3.63) is 71.3 Å². The van der Waals surface area contributed by atoms with Gasteiger partial charge in [0.15, 0.2) is 9.84 Å². The van der Waals surface area contributed by atoms with Crippen molar-refractivity contribution in [3.8, 4) is 0 Å². The molecule has 2 rings (SSSR count). The SMILES string of the molecule is C=C(/N=C\C(=C(/N)NCCCOC)c1cncc(S(C)(=O)=O)c1)Nc1ccc(F)c(Cl)c1. The Balaban J connectivity index is 2.31. The predicted octanol–water partition coefficient (Wildman–Crippen LogP) is 3.19. The van der Waals surface area contributed by atoms with E-state index in [1.54, 1.807) is 7.11 Å². The number of hydrogen-bond acceptors (Lipinski definition) is 8. The van der Waals surface area contributed by atoms with E-state index in [1.165, 1.54) is 42.9 Å². The van der Waals surface area contributed by atoms with Crippen molar-refractivity contribution in [3.63, 3.8) is 0 Å². The summed E-state index contributed by atoms with van der Waals surface area (Å²) in [5.74, 6) is -0.0401. The van der Waals surface area contributed by atoms with Gasteiger partial charge in [-0.15, -0.1) is 0 Å². The van der Waals surface area contributed by atoms with Gasteiger partial charge in [-0.1, -0.05) is 18.2 Å². The van der Waals surface area contributed by atoms with Gasteiger partial charge in [-0.3, -0.25) is 4.98 Å². The van der Waals surface area contributed by atoms with Crippen LogP contribution in [0.2, 0.25) is 5.02 Å². The molecule has 2 aromatic rings. The summed E-state index contributed by atoms with van der Waals surface area (Å²) in [7, 11) is -1.87. The first kappa shape index (κ1) is 25.3. The maximum atomic E-state index is 13.3. The van der Waals surface area contributed by atoms with Crippen LogP contribution in [-0.4, -0.2) is 46.1 Å². The van der Waals surface area contributed by atoms with Crippen LogP contribution in [0.5, 0.6) is 0 Å². The lowest BCUT2D eigenvalue weighted by Crippen LogP contribution is -2.24. The molecule has 0 saturated heterocycles. The van der Waals surface area contributed by atoms with Crippen molar-refractivity contribution >= 4 is 38.9 Å². The Hall–Kier alpha value is -2.95. The molecule has 0 aliphatic heterocycles. The molecule has 11 heteroatoms. The van der Waals surface area contributed by atoms with Crippen LogP contribution in [0.3, 0.4) is 0 Å². The summed E-state index contributed by atoms with van der Waals surface area (Å²) in [6.45, 7) is 4.90. The number of sulfone groups is 1. The lowest BCUT2D eigenvalue weighted by Gasteiger charge is -2.12. The van der Waals surface area contributed by atoms with E-state index < -0.39 is 15.7 Å². The standard InChI is InChI=1S/C21H25ClFN5O3S/c1-14(28-16-5-6-20(23)19(22)10-16)27-13-18(21(24)26-7-4-8-31-2)15-9-17(12-25-11-15)32(3,29)30/h5-6,9-13,26,28H,1,4,7-8,24H2,2-3H3/b21-18-,27-13-. The fourth-order valence-corrected chi connectivity index (χ4v) is 3.29. The Morgan fingerprint density at radius 2 is 2.12 bits per heavy atom. The van der Waals surface area contributed by atoms with Gasteiger partial charge in [-0.25, -0.2) is 17.8 Å². The molecule has 172 valence electrons. The van der Waals surface area contributed by atoms with Crippen LogP contribution in [0.1, 0.15) is 12.0 Å². The van der Waals surface area contributed by atoms with Crippen molar-refractivity contribution in [2.45, 2.75) is 11.3 Å². The van der Waals surface area contributed by atoms with Gasteiger partial charge in [0.05, 0.1) is 9.92 Å². The Morgan fingerprint density at radius 1 is 1.38 bits per heavy atom. The monoisotopic (exact) mass is 481 g/mol. The third-order valence-corrected chi connectivity index (χ3v) is 5.51. The number of nitrogens with two attached hydrogens (primary N) is 1. The number of anilines is 1. The zero-order valence-electron chi connectivity index (χ0n) is 17.7. The molecule has 0 fully saturated rings. The number of hydrogen-bond donors (Lipinski definition) is 3. The molecule has 0 radical (unpaired) electrons. The van der Waals surface area contributed by atoms with E-state index in [1.807, 2.05) is 0 Å². The van der Waals surface area contributed by atoms with Gasteiger partial charge in [0.25, 0.3) is 0 Å². The van der Waals surface area contributed by atoms with Gasteiger partial charge in [-0.2, -0.15) is 0 Å². The molecule has 1 aromatic carbocycles. The molecular formula is C21H25ClFN5O3S. The number of rotatable bonds is 11. The highest BCUT2D eigenvalue weighted by atomic mass is 35.5.